The number of methoxy groups -OCH3 is 1. The van der Waals surface area contributed by atoms with Crippen LogP contribution < -0.4 is 4.74 Å². The molecule has 0 aromatic heterocycles. The van der Waals surface area contributed by atoms with Crippen LogP contribution in [0.1, 0.15) is 35.2 Å². The maximum atomic E-state index is 12.8. The Morgan fingerprint density at radius 3 is 2.42 bits per heavy atom. The molecule has 0 saturated heterocycles. The first-order valence-electron chi connectivity index (χ1n) is 7.74. The summed E-state index contributed by atoms with van der Waals surface area (Å²) in [4.78, 5) is 16.8. The van der Waals surface area contributed by atoms with E-state index in [0.717, 1.165) is 17.9 Å². The third-order valence-electron chi connectivity index (χ3n) is 4.22. The van der Waals surface area contributed by atoms with Crippen LogP contribution >= 0.6 is 0 Å². The van der Waals surface area contributed by atoms with Gasteiger partial charge < -0.3 is 9.57 Å². The van der Waals surface area contributed by atoms with E-state index in [4.69, 9.17) is 9.57 Å². The molecule has 4 nitrogen and oxygen atoms in total. The summed E-state index contributed by atoms with van der Waals surface area (Å²) in [6.45, 7) is 1.85. The smallest absolute Gasteiger partial charge is 0.365 e. The first kappa shape index (κ1) is 16.2. The van der Waals surface area contributed by atoms with Gasteiger partial charge in [0.25, 0.3) is 0 Å². The molecule has 0 amide bonds. The largest absolute Gasteiger partial charge is 0.497 e. The fourth-order valence-corrected chi connectivity index (χ4v) is 2.70. The monoisotopic (exact) mass is 327 g/mol. The van der Waals surface area contributed by atoms with E-state index in [-0.39, 0.29) is 11.5 Å². The highest BCUT2D eigenvalue weighted by atomic mass is 19.1. The number of hydrogen-bond donors (Lipinski definition) is 0. The fourth-order valence-electron chi connectivity index (χ4n) is 2.70. The van der Waals surface area contributed by atoms with Gasteiger partial charge in [0, 0.05) is 5.92 Å². The maximum absolute atomic E-state index is 12.8. The van der Waals surface area contributed by atoms with Crippen molar-refractivity contribution in [3.8, 4) is 5.75 Å². The molecule has 2 aromatic rings. The highest BCUT2D eigenvalue weighted by molar-refractivity contribution is 5.91. The topological polar surface area (TPSA) is 47.9 Å². The molecule has 0 bridgehead atoms. The average Bonchev–Trinajstić information content (AvgIpc) is 3.41. The number of rotatable bonds is 5. The summed E-state index contributed by atoms with van der Waals surface area (Å²) in [5.41, 5.74) is 2.28. The van der Waals surface area contributed by atoms with Crippen molar-refractivity contribution in [2.24, 2.45) is 11.1 Å². The van der Waals surface area contributed by atoms with Crippen molar-refractivity contribution in [1.82, 2.24) is 0 Å². The van der Waals surface area contributed by atoms with Gasteiger partial charge in [0.15, 0.2) is 0 Å². The predicted molar refractivity (Wildman–Crippen MR) is 88.8 cm³/mol. The van der Waals surface area contributed by atoms with Gasteiger partial charge in [0.05, 0.1) is 18.4 Å². The van der Waals surface area contributed by atoms with Crippen molar-refractivity contribution in [3.63, 3.8) is 0 Å². The number of benzene rings is 2. The predicted octanol–water partition coefficient (Wildman–Crippen LogP) is 4.17. The second-order valence-electron chi connectivity index (χ2n) is 5.84. The first-order chi connectivity index (χ1) is 11.6. The number of hydrogen-bond acceptors (Lipinski definition) is 4. The van der Waals surface area contributed by atoms with E-state index >= 15 is 0 Å². The second kappa shape index (κ2) is 6.83. The molecule has 0 heterocycles. The maximum Gasteiger partial charge on any atom is 0.365 e. The number of oxime groups is 1. The van der Waals surface area contributed by atoms with E-state index in [1.165, 1.54) is 29.8 Å². The van der Waals surface area contributed by atoms with Gasteiger partial charge in [-0.25, -0.2) is 9.18 Å². The minimum Gasteiger partial charge on any atom is -0.497 e. The Morgan fingerprint density at radius 2 is 1.79 bits per heavy atom. The number of carbonyl (C=O) groups is 1. The van der Waals surface area contributed by atoms with E-state index in [9.17, 15) is 9.18 Å². The van der Waals surface area contributed by atoms with Gasteiger partial charge in [-0.05, 0) is 61.2 Å². The van der Waals surface area contributed by atoms with Gasteiger partial charge in [-0.1, -0.05) is 17.3 Å². The van der Waals surface area contributed by atoms with Crippen LogP contribution in [-0.4, -0.2) is 18.8 Å². The molecule has 0 unspecified atom stereocenters. The molecular weight excluding hydrogens is 309 g/mol. The summed E-state index contributed by atoms with van der Waals surface area (Å²) in [5.74, 6) is 0.515. The van der Waals surface area contributed by atoms with Crippen LogP contribution in [0.25, 0.3) is 0 Å². The summed E-state index contributed by atoms with van der Waals surface area (Å²) in [6.07, 6.45) is 0.982. The number of nitrogens with zero attached hydrogens (tertiary/aromatic N) is 1. The Bertz CT molecular complexity index is 753. The van der Waals surface area contributed by atoms with Crippen molar-refractivity contribution in [2.75, 3.05) is 7.11 Å². The van der Waals surface area contributed by atoms with Crippen molar-refractivity contribution >= 4 is 11.7 Å². The van der Waals surface area contributed by atoms with Crippen LogP contribution in [0.4, 0.5) is 4.39 Å². The van der Waals surface area contributed by atoms with E-state index in [0.29, 0.717) is 5.92 Å². The molecular formula is C19H18FNO3. The van der Waals surface area contributed by atoms with Crippen molar-refractivity contribution in [2.45, 2.75) is 19.3 Å². The van der Waals surface area contributed by atoms with Crippen LogP contribution in [0.15, 0.2) is 53.7 Å². The standard InChI is InChI=1S/C19H18FNO3/c1-12(21-24-19(22)14-3-7-15(20)8-4-14)17-11-18(17)13-5-9-16(23-2)10-6-13/h3-10,17-18H,11H2,1-2H3/b21-12-/t17-,18+/m0/s1. The molecule has 0 spiro atoms. The minimum absolute atomic E-state index is 0.274. The highest BCUT2D eigenvalue weighted by Crippen LogP contribution is 2.48. The normalized spacial score (nSPS) is 19.7. The number of carbonyl (C=O) groups excluding carboxylic acids is 1. The lowest BCUT2D eigenvalue weighted by Gasteiger charge is -2.03. The summed E-state index contributed by atoms with van der Waals surface area (Å²) < 4.78 is 18.0. The van der Waals surface area contributed by atoms with Crippen molar-refractivity contribution in [3.05, 3.63) is 65.5 Å². The van der Waals surface area contributed by atoms with Gasteiger partial charge in [-0.3, -0.25) is 0 Å². The zero-order chi connectivity index (χ0) is 17.1. The molecule has 124 valence electrons. The van der Waals surface area contributed by atoms with Gasteiger partial charge in [0.2, 0.25) is 0 Å². The Labute approximate surface area is 139 Å². The van der Waals surface area contributed by atoms with E-state index in [2.05, 4.69) is 5.16 Å². The number of ether oxygens (including phenoxy) is 1. The molecule has 2 atom stereocenters. The van der Waals surface area contributed by atoms with Gasteiger partial charge >= 0.3 is 5.97 Å². The molecule has 5 heteroatoms. The first-order valence-corrected chi connectivity index (χ1v) is 7.74. The van der Waals surface area contributed by atoms with Crippen LogP contribution in [0.5, 0.6) is 5.75 Å². The van der Waals surface area contributed by atoms with Crippen molar-refractivity contribution < 1.29 is 18.8 Å². The molecule has 3 rings (SSSR count). The molecule has 2 aromatic carbocycles. The Balaban J connectivity index is 1.58. The molecule has 0 N–H and O–H groups in total. The fraction of sp³-hybridized carbons (Fsp3) is 0.263. The molecule has 0 radical (unpaired) electrons. The lowest BCUT2D eigenvalue weighted by atomic mass is 10.1. The quantitative estimate of drug-likeness (QED) is 0.470. The molecule has 1 saturated carbocycles. The molecule has 1 fully saturated rings. The SMILES string of the molecule is COc1ccc([C@H]2C[C@H]2/C(C)=N\OC(=O)c2ccc(F)cc2)cc1. The van der Waals surface area contributed by atoms with Crippen LogP contribution in [0.2, 0.25) is 0 Å². The zero-order valence-electron chi connectivity index (χ0n) is 13.5. The van der Waals surface area contributed by atoms with E-state index < -0.39 is 11.8 Å². The minimum atomic E-state index is -0.587. The molecule has 24 heavy (non-hydrogen) atoms. The number of halogens is 1. The van der Waals surface area contributed by atoms with Crippen LogP contribution in [0.3, 0.4) is 0 Å². The second-order valence-corrected chi connectivity index (χ2v) is 5.84. The van der Waals surface area contributed by atoms with Gasteiger partial charge in [0.1, 0.15) is 11.6 Å². The summed E-state index contributed by atoms with van der Waals surface area (Å²) >= 11 is 0. The van der Waals surface area contributed by atoms with E-state index in [1.54, 1.807) is 7.11 Å². The van der Waals surface area contributed by atoms with Gasteiger partial charge in [-0.2, -0.15) is 0 Å². The van der Waals surface area contributed by atoms with Crippen LogP contribution in [-0.2, 0) is 4.84 Å². The molecule has 0 aliphatic heterocycles. The zero-order valence-corrected chi connectivity index (χ0v) is 13.5. The molecule has 1 aliphatic rings. The summed E-state index contributed by atoms with van der Waals surface area (Å²) in [6, 6.07) is 13.1. The average molecular weight is 327 g/mol. The lowest BCUT2D eigenvalue weighted by molar-refractivity contribution is 0.0514. The van der Waals surface area contributed by atoms with Crippen molar-refractivity contribution in [1.29, 1.82) is 0 Å². The van der Waals surface area contributed by atoms with Crippen LogP contribution in [0, 0.1) is 11.7 Å². The summed E-state index contributed by atoms with van der Waals surface area (Å²) in [5, 5.41) is 3.94. The Morgan fingerprint density at radius 1 is 1.12 bits per heavy atom. The highest BCUT2D eigenvalue weighted by Gasteiger charge is 2.40. The Kier molecular flexibility index (Phi) is 4.60. The lowest BCUT2D eigenvalue weighted by Crippen LogP contribution is -2.05. The van der Waals surface area contributed by atoms with E-state index in [1.807, 2.05) is 31.2 Å². The summed E-state index contributed by atoms with van der Waals surface area (Å²) in [7, 11) is 1.64. The third kappa shape index (κ3) is 3.62. The third-order valence-corrected chi connectivity index (χ3v) is 4.22. The molecule has 1 aliphatic carbocycles. The Hall–Kier alpha value is -2.69. The van der Waals surface area contributed by atoms with Gasteiger partial charge in [-0.15, -0.1) is 0 Å².